The lowest BCUT2D eigenvalue weighted by Gasteiger charge is -2.28. The van der Waals surface area contributed by atoms with Gasteiger partial charge in [0.15, 0.2) is 6.61 Å². The van der Waals surface area contributed by atoms with Gasteiger partial charge in [-0.15, -0.1) is 5.10 Å². The zero-order valence-electron chi connectivity index (χ0n) is 17.4. The van der Waals surface area contributed by atoms with E-state index < -0.39 is 10.0 Å². The molecule has 2 aromatic carbocycles. The van der Waals surface area contributed by atoms with Crippen molar-refractivity contribution in [1.29, 1.82) is 0 Å². The second-order valence-electron chi connectivity index (χ2n) is 7.74. The second kappa shape index (κ2) is 8.49. The van der Waals surface area contributed by atoms with Crippen LogP contribution in [0.2, 0.25) is 0 Å². The van der Waals surface area contributed by atoms with Gasteiger partial charge in [-0.3, -0.25) is 4.79 Å². The van der Waals surface area contributed by atoms with Gasteiger partial charge in [-0.1, -0.05) is 29.1 Å². The molecular formula is C21H23N5O5S. The van der Waals surface area contributed by atoms with E-state index in [4.69, 9.17) is 9.57 Å². The van der Waals surface area contributed by atoms with Gasteiger partial charge < -0.3 is 14.5 Å². The molecule has 1 aromatic heterocycles. The molecule has 0 unspecified atom stereocenters. The maximum atomic E-state index is 13.0. The Hall–Kier alpha value is -3.02. The first kappa shape index (κ1) is 20.9. The van der Waals surface area contributed by atoms with E-state index in [1.165, 1.54) is 22.0 Å². The summed E-state index contributed by atoms with van der Waals surface area (Å²) in [7, 11) is -3.67. The Morgan fingerprint density at radius 2 is 1.84 bits per heavy atom. The summed E-state index contributed by atoms with van der Waals surface area (Å²) in [6.07, 6.45) is 0.803. The Balaban J connectivity index is 1.31. The zero-order valence-corrected chi connectivity index (χ0v) is 18.2. The molecule has 1 saturated heterocycles. The predicted octanol–water partition coefficient (Wildman–Crippen LogP) is 0.466. The molecule has 2 aliphatic rings. The topological polar surface area (TPSA) is 107 Å². The molecule has 1 amide bonds. The van der Waals surface area contributed by atoms with Gasteiger partial charge in [0.2, 0.25) is 10.0 Å². The number of benzene rings is 2. The fourth-order valence-corrected chi connectivity index (χ4v) is 5.41. The number of sulfonamides is 1. The number of carbonyl (C=O) groups is 1. The van der Waals surface area contributed by atoms with Gasteiger partial charge in [0.25, 0.3) is 5.91 Å². The van der Waals surface area contributed by atoms with E-state index in [0.717, 1.165) is 16.8 Å². The maximum Gasteiger partial charge on any atom is 0.263 e. The molecule has 11 heteroatoms. The van der Waals surface area contributed by atoms with Crippen molar-refractivity contribution < 1.29 is 22.8 Å². The highest BCUT2D eigenvalue weighted by Crippen LogP contribution is 2.22. The van der Waals surface area contributed by atoms with Crippen LogP contribution in [0.3, 0.4) is 0 Å². The minimum atomic E-state index is -3.67. The smallest absolute Gasteiger partial charge is 0.263 e. The first-order chi connectivity index (χ1) is 15.5. The summed E-state index contributed by atoms with van der Waals surface area (Å²) < 4.78 is 32.6. The molecule has 0 aliphatic carbocycles. The van der Waals surface area contributed by atoms with Crippen molar-refractivity contribution in [1.82, 2.24) is 24.4 Å². The minimum Gasteiger partial charge on any atom is -0.385 e. The van der Waals surface area contributed by atoms with Gasteiger partial charge >= 0.3 is 0 Å². The van der Waals surface area contributed by atoms with E-state index >= 15 is 0 Å². The van der Waals surface area contributed by atoms with E-state index in [0.29, 0.717) is 50.4 Å². The van der Waals surface area contributed by atoms with Crippen LogP contribution in [0.25, 0.3) is 11.0 Å². The number of rotatable bonds is 5. The number of hydrogen-bond acceptors (Lipinski definition) is 7. The van der Waals surface area contributed by atoms with E-state index in [1.807, 2.05) is 18.2 Å². The Kier molecular flexibility index (Phi) is 5.53. The van der Waals surface area contributed by atoms with Gasteiger partial charge in [0.1, 0.15) is 11.0 Å². The first-order valence-electron chi connectivity index (χ1n) is 10.4. The van der Waals surface area contributed by atoms with Crippen molar-refractivity contribution in [3.63, 3.8) is 0 Å². The summed E-state index contributed by atoms with van der Waals surface area (Å²) >= 11 is 0. The van der Waals surface area contributed by atoms with Crippen LogP contribution in [-0.2, 0) is 32.5 Å². The number of amides is 1. The second-order valence-corrected chi connectivity index (χ2v) is 9.67. The minimum absolute atomic E-state index is 0.123. The third-order valence-corrected chi connectivity index (χ3v) is 7.68. The summed E-state index contributed by atoms with van der Waals surface area (Å²) in [6, 6.07) is 12.6. The standard InChI is InChI=1S/C21H23N5O5S/c27-21(24-8-7-16-3-1-2-4-17(16)14-24)15-31-26-20-13-18(5-6-19(20)22-23-26)32(28,29)25-9-11-30-12-10-25/h1-6,13H,7-12,14-15H2. The highest BCUT2D eigenvalue weighted by atomic mass is 32.2. The average molecular weight is 458 g/mol. The molecule has 1 fully saturated rings. The Morgan fingerprint density at radius 3 is 2.66 bits per heavy atom. The third-order valence-electron chi connectivity index (χ3n) is 5.79. The lowest BCUT2D eigenvalue weighted by atomic mass is 10.00. The van der Waals surface area contributed by atoms with Crippen LogP contribution in [0.5, 0.6) is 0 Å². The summed E-state index contributed by atoms with van der Waals surface area (Å²) in [5, 5.41) is 7.94. The number of ether oxygens (including phenoxy) is 1. The molecule has 32 heavy (non-hydrogen) atoms. The van der Waals surface area contributed by atoms with Crippen molar-refractivity contribution in [3.8, 4) is 0 Å². The van der Waals surface area contributed by atoms with Crippen LogP contribution in [0, 0.1) is 0 Å². The van der Waals surface area contributed by atoms with E-state index in [-0.39, 0.29) is 17.4 Å². The highest BCUT2D eigenvalue weighted by Gasteiger charge is 2.27. The Morgan fingerprint density at radius 1 is 1.06 bits per heavy atom. The largest absolute Gasteiger partial charge is 0.385 e. The molecule has 0 N–H and O–H groups in total. The fraction of sp³-hybridized carbons (Fsp3) is 0.381. The molecular weight excluding hydrogens is 434 g/mol. The fourth-order valence-electron chi connectivity index (χ4n) is 3.99. The summed E-state index contributed by atoms with van der Waals surface area (Å²) in [4.78, 5) is 21.3. The molecule has 0 spiro atoms. The number of morpholine rings is 1. The molecule has 0 atom stereocenters. The van der Waals surface area contributed by atoms with Crippen molar-refractivity contribution in [2.75, 3.05) is 39.5 Å². The van der Waals surface area contributed by atoms with Crippen LogP contribution in [0.4, 0.5) is 0 Å². The predicted molar refractivity (Wildman–Crippen MR) is 114 cm³/mol. The summed E-state index contributed by atoms with van der Waals surface area (Å²) in [5.74, 6) is -0.166. The number of aromatic nitrogens is 3. The third kappa shape index (κ3) is 3.94. The normalized spacial score (nSPS) is 17.3. The lowest BCUT2D eigenvalue weighted by molar-refractivity contribution is -0.137. The van der Waals surface area contributed by atoms with Crippen LogP contribution in [0.1, 0.15) is 11.1 Å². The van der Waals surface area contributed by atoms with E-state index in [2.05, 4.69) is 16.4 Å². The van der Waals surface area contributed by atoms with Crippen molar-refractivity contribution >= 4 is 27.0 Å². The SMILES string of the molecule is O=C(COn1nnc2ccc(S(=O)(=O)N3CCOCC3)cc21)N1CCc2ccccc2C1. The van der Waals surface area contributed by atoms with Gasteiger partial charge in [-0.2, -0.15) is 4.31 Å². The van der Waals surface area contributed by atoms with Crippen molar-refractivity contribution in [2.24, 2.45) is 0 Å². The van der Waals surface area contributed by atoms with Crippen LogP contribution in [0.15, 0.2) is 47.4 Å². The quantitative estimate of drug-likeness (QED) is 0.548. The van der Waals surface area contributed by atoms with Gasteiger partial charge in [-0.05, 0) is 41.0 Å². The molecule has 3 heterocycles. The molecule has 0 bridgehead atoms. The zero-order chi connectivity index (χ0) is 22.1. The average Bonchev–Trinajstić information content (AvgIpc) is 3.25. The Bertz CT molecular complexity index is 1250. The first-order valence-corrected chi connectivity index (χ1v) is 11.9. The van der Waals surface area contributed by atoms with Crippen molar-refractivity contribution in [3.05, 3.63) is 53.6 Å². The van der Waals surface area contributed by atoms with E-state index in [9.17, 15) is 13.2 Å². The number of carbonyl (C=O) groups excluding carboxylic acids is 1. The van der Waals surface area contributed by atoms with Gasteiger partial charge in [0, 0.05) is 26.2 Å². The van der Waals surface area contributed by atoms with Crippen molar-refractivity contribution in [2.45, 2.75) is 17.9 Å². The molecule has 2 aliphatic heterocycles. The molecule has 0 radical (unpaired) electrons. The molecule has 3 aromatic rings. The van der Waals surface area contributed by atoms with E-state index in [1.54, 1.807) is 11.0 Å². The van der Waals surface area contributed by atoms with Gasteiger partial charge in [-0.25, -0.2) is 8.42 Å². The summed E-state index contributed by atoms with van der Waals surface area (Å²) in [6.45, 7) is 2.29. The monoisotopic (exact) mass is 457 g/mol. The molecule has 5 rings (SSSR count). The van der Waals surface area contributed by atoms with Crippen LogP contribution in [-0.4, -0.2) is 78.1 Å². The molecule has 168 valence electrons. The molecule has 10 nitrogen and oxygen atoms in total. The summed E-state index contributed by atoms with van der Waals surface area (Å²) in [5.41, 5.74) is 3.26. The maximum absolute atomic E-state index is 13.0. The number of nitrogens with zero attached hydrogens (tertiary/aromatic N) is 5. The van der Waals surface area contributed by atoms with Crippen LogP contribution >= 0.6 is 0 Å². The molecule has 0 saturated carbocycles. The van der Waals surface area contributed by atoms with Crippen LogP contribution < -0.4 is 4.84 Å². The number of hydrogen-bond donors (Lipinski definition) is 0. The lowest BCUT2D eigenvalue weighted by Crippen LogP contribution is -2.40. The Labute approximate surface area is 185 Å². The van der Waals surface area contributed by atoms with Gasteiger partial charge in [0.05, 0.1) is 18.1 Å². The highest BCUT2D eigenvalue weighted by molar-refractivity contribution is 7.89. The number of fused-ring (bicyclic) bond motifs is 2.